The van der Waals surface area contributed by atoms with Gasteiger partial charge in [0.05, 0.1) is 4.92 Å². The largest absolute Gasteiger partial charge is 0.289 e. The molecule has 1 saturated heterocycles. The molecule has 0 bridgehead atoms. The minimum Gasteiger partial charge on any atom is -0.258 e. The molecule has 0 unspecified atom stereocenters. The zero-order valence-electron chi connectivity index (χ0n) is 10.6. The second-order valence-corrected chi connectivity index (χ2v) is 7.54. The molecule has 2 fully saturated rings. The molecule has 0 radical (unpaired) electrons. The summed E-state index contributed by atoms with van der Waals surface area (Å²) in [5.41, 5.74) is -0.717. The van der Waals surface area contributed by atoms with Crippen molar-refractivity contribution in [2.24, 2.45) is 0 Å². The van der Waals surface area contributed by atoms with Crippen LogP contribution in [0.15, 0.2) is 23.1 Å². The number of nitrogens with zero attached hydrogens (tertiary/aromatic N) is 2. The first kappa shape index (κ1) is 13.8. The zero-order valence-corrected chi connectivity index (χ0v) is 12.2. The molecule has 0 aromatic heterocycles. The highest BCUT2D eigenvalue weighted by Gasteiger charge is 2.55. The minimum atomic E-state index is -3.86. The second-order valence-electron chi connectivity index (χ2n) is 5.27. The smallest absolute Gasteiger partial charge is 0.258 e. The highest BCUT2D eigenvalue weighted by Crippen LogP contribution is 2.50. The van der Waals surface area contributed by atoms with Crippen LogP contribution in [0.25, 0.3) is 0 Å². The lowest BCUT2D eigenvalue weighted by atomic mass is 9.70. The molecule has 8 heteroatoms. The Hall–Kier alpha value is -1.18. The van der Waals surface area contributed by atoms with Gasteiger partial charge in [0.15, 0.2) is 4.90 Å². The van der Waals surface area contributed by atoms with Crippen LogP contribution in [0.5, 0.6) is 0 Å². The van der Waals surface area contributed by atoms with Gasteiger partial charge in [-0.3, -0.25) is 10.1 Å². The average Bonchev–Trinajstić information content (AvgIpc) is 2.24. The summed E-state index contributed by atoms with van der Waals surface area (Å²) < 4.78 is 26.7. The molecule has 6 nitrogen and oxygen atoms in total. The van der Waals surface area contributed by atoms with Crippen LogP contribution in [-0.4, -0.2) is 29.7 Å². The predicted molar refractivity (Wildman–Crippen MR) is 73.2 cm³/mol. The average molecular weight is 317 g/mol. The Kier molecular flexibility index (Phi) is 3.04. The fraction of sp³-hybridized carbons (Fsp3) is 0.500. The molecular weight excluding hydrogens is 304 g/mol. The first-order valence-electron chi connectivity index (χ1n) is 6.34. The van der Waals surface area contributed by atoms with Crippen molar-refractivity contribution in [1.29, 1.82) is 0 Å². The molecule has 2 aliphatic rings. The van der Waals surface area contributed by atoms with Crippen LogP contribution in [0, 0.1) is 10.1 Å². The van der Waals surface area contributed by atoms with Gasteiger partial charge in [-0.15, -0.1) is 0 Å². The number of sulfonamides is 1. The van der Waals surface area contributed by atoms with Gasteiger partial charge in [-0.1, -0.05) is 11.6 Å². The van der Waals surface area contributed by atoms with Crippen LogP contribution < -0.4 is 0 Å². The summed E-state index contributed by atoms with van der Waals surface area (Å²) in [4.78, 5) is 10.0. The Morgan fingerprint density at radius 1 is 1.30 bits per heavy atom. The minimum absolute atomic E-state index is 0.178. The fourth-order valence-corrected chi connectivity index (χ4v) is 5.22. The van der Waals surface area contributed by atoms with Crippen LogP contribution in [0.4, 0.5) is 5.69 Å². The Morgan fingerprint density at radius 2 is 2.00 bits per heavy atom. The highest BCUT2D eigenvalue weighted by atomic mass is 35.5. The van der Waals surface area contributed by atoms with E-state index in [4.69, 9.17) is 11.6 Å². The number of nitro benzene ring substituents is 1. The van der Waals surface area contributed by atoms with Crippen molar-refractivity contribution in [2.75, 3.05) is 6.54 Å². The van der Waals surface area contributed by atoms with Gasteiger partial charge in [0.25, 0.3) is 5.69 Å². The molecule has 0 atom stereocenters. The third-order valence-electron chi connectivity index (χ3n) is 4.28. The Labute approximate surface area is 121 Å². The summed E-state index contributed by atoms with van der Waals surface area (Å²) in [6.45, 7) is 0.423. The molecule has 3 rings (SSSR count). The molecule has 1 spiro atoms. The summed E-state index contributed by atoms with van der Waals surface area (Å²) >= 11 is 5.81. The summed E-state index contributed by atoms with van der Waals surface area (Å²) in [5, 5.41) is 11.2. The Balaban J connectivity index is 2.08. The van der Waals surface area contributed by atoms with Crippen molar-refractivity contribution in [3.63, 3.8) is 0 Å². The van der Waals surface area contributed by atoms with Crippen molar-refractivity contribution in [1.82, 2.24) is 4.31 Å². The number of benzene rings is 1. The van der Waals surface area contributed by atoms with Crippen molar-refractivity contribution in [3.05, 3.63) is 33.3 Å². The summed E-state index contributed by atoms with van der Waals surface area (Å²) in [5.74, 6) is 0. The molecule has 0 N–H and O–H groups in total. The van der Waals surface area contributed by atoms with E-state index in [9.17, 15) is 18.5 Å². The van der Waals surface area contributed by atoms with Gasteiger partial charge >= 0.3 is 0 Å². The van der Waals surface area contributed by atoms with Crippen LogP contribution in [0.2, 0.25) is 5.02 Å². The fourth-order valence-electron chi connectivity index (χ4n) is 2.94. The normalized spacial score (nSPS) is 21.2. The predicted octanol–water partition coefficient (Wildman–Crippen LogP) is 2.57. The van der Waals surface area contributed by atoms with Gasteiger partial charge in [-0.2, -0.15) is 4.31 Å². The van der Waals surface area contributed by atoms with Gasteiger partial charge < -0.3 is 0 Å². The summed E-state index contributed by atoms with van der Waals surface area (Å²) in [6, 6.07) is 3.64. The molecular formula is C12H13ClN2O4S. The molecule has 1 aliphatic heterocycles. The van der Waals surface area contributed by atoms with Crippen LogP contribution >= 0.6 is 11.6 Å². The third kappa shape index (κ3) is 1.84. The van der Waals surface area contributed by atoms with Gasteiger partial charge in [0.1, 0.15) is 0 Å². The maximum Gasteiger partial charge on any atom is 0.289 e. The van der Waals surface area contributed by atoms with E-state index < -0.39 is 20.6 Å². The van der Waals surface area contributed by atoms with Crippen molar-refractivity contribution in [3.8, 4) is 0 Å². The highest BCUT2D eigenvalue weighted by molar-refractivity contribution is 7.89. The first-order valence-corrected chi connectivity index (χ1v) is 8.15. The van der Waals surface area contributed by atoms with E-state index in [1.165, 1.54) is 16.4 Å². The number of hydrogen-bond acceptors (Lipinski definition) is 4. The third-order valence-corrected chi connectivity index (χ3v) is 6.55. The van der Waals surface area contributed by atoms with Gasteiger partial charge in [-0.05, 0) is 37.8 Å². The molecule has 1 aliphatic carbocycles. The van der Waals surface area contributed by atoms with Crippen molar-refractivity contribution < 1.29 is 13.3 Å². The molecule has 108 valence electrons. The quantitative estimate of drug-likeness (QED) is 0.634. The Bertz CT molecular complexity index is 679. The maximum atomic E-state index is 12.7. The van der Waals surface area contributed by atoms with E-state index in [-0.39, 0.29) is 15.5 Å². The lowest BCUT2D eigenvalue weighted by Crippen LogP contribution is -2.65. The monoisotopic (exact) mass is 316 g/mol. The molecule has 1 saturated carbocycles. The van der Waals surface area contributed by atoms with E-state index >= 15 is 0 Å². The molecule has 1 aromatic carbocycles. The zero-order chi connectivity index (χ0) is 14.5. The molecule has 20 heavy (non-hydrogen) atoms. The lowest BCUT2D eigenvalue weighted by Gasteiger charge is -2.57. The SMILES string of the molecule is O=[N+]([O-])c1ccc(Cl)cc1S(=O)(=O)N1CCC12CCC2. The number of halogens is 1. The summed E-state index contributed by atoms with van der Waals surface area (Å²) in [7, 11) is -3.86. The Morgan fingerprint density at radius 3 is 2.45 bits per heavy atom. The lowest BCUT2D eigenvalue weighted by molar-refractivity contribution is -0.387. The van der Waals surface area contributed by atoms with E-state index in [0.29, 0.717) is 6.54 Å². The van der Waals surface area contributed by atoms with Crippen molar-refractivity contribution in [2.45, 2.75) is 36.1 Å². The molecule has 0 amide bonds. The van der Waals surface area contributed by atoms with Crippen molar-refractivity contribution >= 4 is 27.3 Å². The summed E-state index contributed by atoms with van der Waals surface area (Å²) in [6.07, 6.45) is 3.51. The second kappa shape index (κ2) is 4.41. The van der Waals surface area contributed by atoms with E-state index in [1.54, 1.807) is 0 Å². The van der Waals surface area contributed by atoms with Crippen LogP contribution in [0.3, 0.4) is 0 Å². The standard InChI is InChI=1S/C12H13ClN2O4S/c13-9-2-3-10(15(16)17)11(8-9)20(18,19)14-7-6-12(14)4-1-5-12/h2-3,8H,1,4-7H2. The molecule has 1 aromatic rings. The van der Waals surface area contributed by atoms with E-state index in [1.807, 2.05) is 0 Å². The number of rotatable bonds is 3. The van der Waals surface area contributed by atoms with Crippen LogP contribution in [0.1, 0.15) is 25.7 Å². The number of nitro groups is 1. The topological polar surface area (TPSA) is 80.5 Å². The first-order chi connectivity index (χ1) is 9.37. The van der Waals surface area contributed by atoms with Gasteiger partial charge in [-0.25, -0.2) is 8.42 Å². The van der Waals surface area contributed by atoms with E-state index in [0.717, 1.165) is 31.7 Å². The van der Waals surface area contributed by atoms with Gasteiger partial charge in [0.2, 0.25) is 10.0 Å². The van der Waals surface area contributed by atoms with E-state index in [2.05, 4.69) is 0 Å². The van der Waals surface area contributed by atoms with Gasteiger partial charge in [0, 0.05) is 23.2 Å². The molecule has 1 heterocycles. The van der Waals surface area contributed by atoms with Crippen LogP contribution in [-0.2, 0) is 10.0 Å². The number of hydrogen-bond donors (Lipinski definition) is 0. The maximum absolute atomic E-state index is 12.7.